The number of carbonyl (C=O) groups excluding carboxylic acids is 1. The third-order valence-corrected chi connectivity index (χ3v) is 4.31. The van der Waals surface area contributed by atoms with Gasteiger partial charge in [0.1, 0.15) is 5.82 Å². The Bertz CT molecular complexity index is 1170. The number of benzene rings is 2. The Balaban J connectivity index is 1.98. The second-order valence-electron chi connectivity index (χ2n) is 6.49. The molecule has 0 spiro atoms. The summed E-state index contributed by atoms with van der Waals surface area (Å²) in [6, 6.07) is 16.0. The molecule has 1 aromatic heterocycles. The van der Waals surface area contributed by atoms with Crippen LogP contribution in [0.15, 0.2) is 42.5 Å². The summed E-state index contributed by atoms with van der Waals surface area (Å²) in [5.41, 5.74) is 4.35. The van der Waals surface area contributed by atoms with E-state index in [2.05, 4.69) is 32.7 Å². The minimum atomic E-state index is -0.600. The van der Waals surface area contributed by atoms with Crippen molar-refractivity contribution in [2.24, 2.45) is 0 Å². The SMILES string of the molecule is COC(=O)c1cc(Nc2c(C)cc(C#N)cc2C)nc(Nc2ccc(C#N)cc2)n1. The molecule has 8 heteroatoms. The summed E-state index contributed by atoms with van der Waals surface area (Å²) in [6.07, 6.45) is 0. The first kappa shape index (κ1) is 20.3. The average molecular weight is 398 g/mol. The maximum Gasteiger partial charge on any atom is 0.356 e. The van der Waals surface area contributed by atoms with Gasteiger partial charge in [0.15, 0.2) is 5.69 Å². The lowest BCUT2D eigenvalue weighted by atomic mass is 10.0. The molecular formula is C22H18N6O2. The fourth-order valence-electron chi connectivity index (χ4n) is 2.89. The van der Waals surface area contributed by atoms with Crippen LogP contribution in [-0.4, -0.2) is 23.0 Å². The number of rotatable bonds is 5. The number of aryl methyl sites for hydroxylation is 2. The molecule has 0 radical (unpaired) electrons. The van der Waals surface area contributed by atoms with Crippen molar-refractivity contribution in [2.75, 3.05) is 17.7 Å². The number of hydrogen-bond acceptors (Lipinski definition) is 8. The molecule has 3 aromatic rings. The number of ether oxygens (including phenoxy) is 1. The number of carbonyl (C=O) groups is 1. The smallest absolute Gasteiger partial charge is 0.356 e. The average Bonchev–Trinajstić information content (AvgIpc) is 2.75. The molecule has 8 nitrogen and oxygen atoms in total. The van der Waals surface area contributed by atoms with Crippen molar-refractivity contribution in [2.45, 2.75) is 13.8 Å². The zero-order chi connectivity index (χ0) is 21.7. The molecule has 30 heavy (non-hydrogen) atoms. The number of methoxy groups -OCH3 is 1. The van der Waals surface area contributed by atoms with Crippen LogP contribution in [0, 0.1) is 36.5 Å². The lowest BCUT2D eigenvalue weighted by molar-refractivity contribution is 0.0594. The maximum atomic E-state index is 12.1. The Morgan fingerprint density at radius 1 is 0.933 bits per heavy atom. The van der Waals surface area contributed by atoms with E-state index < -0.39 is 5.97 Å². The summed E-state index contributed by atoms with van der Waals surface area (Å²) in [7, 11) is 1.28. The van der Waals surface area contributed by atoms with Gasteiger partial charge in [-0.1, -0.05) is 0 Å². The Morgan fingerprint density at radius 2 is 1.57 bits per heavy atom. The van der Waals surface area contributed by atoms with Crippen molar-refractivity contribution in [1.29, 1.82) is 10.5 Å². The van der Waals surface area contributed by atoms with E-state index in [9.17, 15) is 4.79 Å². The van der Waals surface area contributed by atoms with Crippen molar-refractivity contribution in [3.8, 4) is 12.1 Å². The zero-order valence-electron chi connectivity index (χ0n) is 16.6. The highest BCUT2D eigenvalue weighted by molar-refractivity contribution is 5.89. The van der Waals surface area contributed by atoms with E-state index in [1.807, 2.05) is 13.8 Å². The summed E-state index contributed by atoms with van der Waals surface area (Å²) in [6.45, 7) is 3.77. The van der Waals surface area contributed by atoms with Gasteiger partial charge in [-0.25, -0.2) is 9.78 Å². The second kappa shape index (κ2) is 8.72. The van der Waals surface area contributed by atoms with Gasteiger partial charge in [-0.3, -0.25) is 0 Å². The molecule has 148 valence electrons. The Hall–Kier alpha value is -4.43. The molecule has 3 rings (SSSR count). The van der Waals surface area contributed by atoms with Crippen LogP contribution in [0.3, 0.4) is 0 Å². The van der Waals surface area contributed by atoms with Crippen LogP contribution >= 0.6 is 0 Å². The molecule has 0 fully saturated rings. The van der Waals surface area contributed by atoms with E-state index in [1.165, 1.54) is 13.2 Å². The van der Waals surface area contributed by atoms with Crippen LogP contribution < -0.4 is 10.6 Å². The van der Waals surface area contributed by atoms with Crippen molar-refractivity contribution in [3.63, 3.8) is 0 Å². The first-order valence-electron chi connectivity index (χ1n) is 8.96. The summed E-state index contributed by atoms with van der Waals surface area (Å²) in [5.74, 6) is -0.0249. The van der Waals surface area contributed by atoms with Gasteiger partial charge in [0.2, 0.25) is 5.95 Å². The molecule has 1 heterocycles. The predicted octanol–water partition coefficient (Wildman–Crippen LogP) is 4.11. The van der Waals surface area contributed by atoms with Crippen molar-refractivity contribution in [1.82, 2.24) is 9.97 Å². The highest BCUT2D eigenvalue weighted by Gasteiger charge is 2.14. The summed E-state index contributed by atoms with van der Waals surface area (Å²) >= 11 is 0. The van der Waals surface area contributed by atoms with Crippen LogP contribution in [0.4, 0.5) is 23.1 Å². The molecule has 0 aliphatic carbocycles. The first-order chi connectivity index (χ1) is 14.4. The van der Waals surface area contributed by atoms with Gasteiger partial charge in [-0.15, -0.1) is 0 Å². The topological polar surface area (TPSA) is 124 Å². The number of nitrogens with one attached hydrogen (secondary N) is 2. The quantitative estimate of drug-likeness (QED) is 0.615. The van der Waals surface area contributed by atoms with Gasteiger partial charge in [0.05, 0.1) is 30.4 Å². The predicted molar refractivity (Wildman–Crippen MR) is 112 cm³/mol. The second-order valence-corrected chi connectivity index (χ2v) is 6.49. The van der Waals surface area contributed by atoms with E-state index >= 15 is 0 Å². The van der Waals surface area contributed by atoms with E-state index in [4.69, 9.17) is 15.3 Å². The monoisotopic (exact) mass is 398 g/mol. The van der Waals surface area contributed by atoms with Crippen LogP contribution in [-0.2, 0) is 4.74 Å². The Morgan fingerprint density at radius 3 is 2.13 bits per heavy atom. The Kier molecular flexibility index (Phi) is 5.90. The highest BCUT2D eigenvalue weighted by Crippen LogP contribution is 2.26. The van der Waals surface area contributed by atoms with E-state index in [0.717, 1.165) is 16.8 Å². The van der Waals surface area contributed by atoms with Crippen LogP contribution in [0.1, 0.15) is 32.7 Å². The zero-order valence-corrected chi connectivity index (χ0v) is 16.6. The Labute approximate surface area is 173 Å². The number of nitriles is 2. The van der Waals surface area contributed by atoms with Crippen LogP contribution in [0.5, 0.6) is 0 Å². The summed E-state index contributed by atoms with van der Waals surface area (Å²) < 4.78 is 4.80. The van der Waals surface area contributed by atoms with Crippen molar-refractivity contribution >= 4 is 29.1 Å². The van der Waals surface area contributed by atoms with Gasteiger partial charge in [-0.05, 0) is 61.4 Å². The van der Waals surface area contributed by atoms with Gasteiger partial charge in [0, 0.05) is 17.4 Å². The van der Waals surface area contributed by atoms with Gasteiger partial charge in [-0.2, -0.15) is 15.5 Å². The molecule has 0 aliphatic rings. The fourth-order valence-corrected chi connectivity index (χ4v) is 2.89. The molecule has 0 bridgehead atoms. The molecule has 2 N–H and O–H groups in total. The minimum Gasteiger partial charge on any atom is -0.464 e. The lowest BCUT2D eigenvalue weighted by Gasteiger charge is -2.14. The van der Waals surface area contributed by atoms with Crippen molar-refractivity contribution in [3.05, 3.63) is 70.4 Å². The number of hydrogen-bond donors (Lipinski definition) is 2. The number of anilines is 4. The lowest BCUT2D eigenvalue weighted by Crippen LogP contribution is -2.10. The largest absolute Gasteiger partial charge is 0.464 e. The van der Waals surface area contributed by atoms with Gasteiger partial charge >= 0.3 is 5.97 Å². The van der Waals surface area contributed by atoms with E-state index in [-0.39, 0.29) is 11.6 Å². The number of esters is 1. The van der Waals surface area contributed by atoms with Crippen LogP contribution in [0.2, 0.25) is 0 Å². The molecule has 0 atom stereocenters. The summed E-state index contributed by atoms with van der Waals surface area (Å²) in [4.78, 5) is 20.7. The maximum absolute atomic E-state index is 12.1. The number of nitrogens with zero attached hydrogens (tertiary/aromatic N) is 4. The first-order valence-corrected chi connectivity index (χ1v) is 8.96. The molecule has 0 unspecified atom stereocenters. The normalized spacial score (nSPS) is 9.90. The third kappa shape index (κ3) is 4.51. The molecule has 0 saturated carbocycles. The molecule has 0 saturated heterocycles. The summed E-state index contributed by atoms with van der Waals surface area (Å²) in [5, 5.41) is 24.3. The fraction of sp³-hybridized carbons (Fsp3) is 0.136. The van der Waals surface area contributed by atoms with E-state index in [0.29, 0.717) is 22.6 Å². The molecular weight excluding hydrogens is 380 g/mol. The molecule has 0 amide bonds. The van der Waals surface area contributed by atoms with Crippen molar-refractivity contribution < 1.29 is 9.53 Å². The highest BCUT2D eigenvalue weighted by atomic mass is 16.5. The van der Waals surface area contributed by atoms with E-state index in [1.54, 1.807) is 36.4 Å². The molecule has 2 aromatic carbocycles. The minimum absolute atomic E-state index is 0.0788. The standard InChI is InChI=1S/C22H18N6O2/c1-13-8-16(12-24)9-14(2)20(13)27-19-10-18(21(29)30-3)26-22(28-19)25-17-6-4-15(11-23)5-7-17/h4-10H,1-3H3,(H2,25,26,27,28). The van der Waals surface area contributed by atoms with Gasteiger partial charge in [0.25, 0.3) is 0 Å². The number of aromatic nitrogens is 2. The van der Waals surface area contributed by atoms with Crippen LogP contribution in [0.25, 0.3) is 0 Å². The molecule has 0 aliphatic heterocycles. The third-order valence-electron chi connectivity index (χ3n) is 4.31. The van der Waals surface area contributed by atoms with Gasteiger partial charge < -0.3 is 15.4 Å².